The van der Waals surface area contributed by atoms with Crippen LogP contribution >= 0.6 is 0 Å². The zero-order valence-electron chi connectivity index (χ0n) is 10.3. The highest BCUT2D eigenvalue weighted by molar-refractivity contribution is 4.64. The summed E-state index contributed by atoms with van der Waals surface area (Å²) in [6, 6.07) is 0. The van der Waals surface area contributed by atoms with E-state index in [1.807, 2.05) is 6.92 Å². The monoisotopic (exact) mass is 201 g/mol. The topological polar surface area (TPSA) is 23.5 Å². The van der Waals surface area contributed by atoms with Crippen LogP contribution in [-0.4, -0.2) is 35.7 Å². The molecule has 0 aliphatic carbocycles. The number of aliphatic hydroxyl groups is 1. The van der Waals surface area contributed by atoms with Gasteiger partial charge in [0, 0.05) is 13.1 Å². The fourth-order valence-electron chi connectivity index (χ4n) is 1.66. The number of hydrogen-bond acceptors (Lipinski definition) is 2. The van der Waals surface area contributed by atoms with Gasteiger partial charge in [0.05, 0.1) is 6.10 Å². The summed E-state index contributed by atoms with van der Waals surface area (Å²) in [5, 5.41) is 9.22. The molecule has 0 aliphatic rings. The Hall–Kier alpha value is -0.0800. The second-order valence-electron chi connectivity index (χ2n) is 4.21. The van der Waals surface area contributed by atoms with Crippen molar-refractivity contribution >= 4 is 0 Å². The Morgan fingerprint density at radius 1 is 1.14 bits per heavy atom. The van der Waals surface area contributed by atoms with Crippen LogP contribution in [0.4, 0.5) is 0 Å². The van der Waals surface area contributed by atoms with E-state index in [-0.39, 0.29) is 6.10 Å². The summed E-state index contributed by atoms with van der Waals surface area (Å²) in [5.41, 5.74) is 0. The Morgan fingerprint density at radius 3 is 2.07 bits per heavy atom. The maximum Gasteiger partial charge on any atom is 0.0524 e. The van der Waals surface area contributed by atoms with E-state index < -0.39 is 0 Å². The Bertz CT molecular complexity index is 121. The van der Waals surface area contributed by atoms with Gasteiger partial charge in [-0.3, -0.25) is 0 Å². The van der Waals surface area contributed by atoms with E-state index in [1.54, 1.807) is 0 Å². The third-order valence-corrected chi connectivity index (χ3v) is 2.98. The SMILES string of the molecule is CCC(CC)CN(CC)CCC(C)O. The molecule has 0 aromatic heterocycles. The Morgan fingerprint density at radius 2 is 1.71 bits per heavy atom. The van der Waals surface area contributed by atoms with Crippen LogP contribution in [0.2, 0.25) is 0 Å². The van der Waals surface area contributed by atoms with E-state index >= 15 is 0 Å². The van der Waals surface area contributed by atoms with Crippen molar-refractivity contribution < 1.29 is 5.11 Å². The quantitative estimate of drug-likeness (QED) is 0.652. The van der Waals surface area contributed by atoms with E-state index in [9.17, 15) is 5.11 Å². The van der Waals surface area contributed by atoms with E-state index in [1.165, 1.54) is 19.4 Å². The molecule has 0 aliphatic heterocycles. The van der Waals surface area contributed by atoms with Crippen molar-refractivity contribution in [1.82, 2.24) is 4.90 Å². The molecule has 14 heavy (non-hydrogen) atoms. The van der Waals surface area contributed by atoms with Crippen LogP contribution in [0.1, 0.15) is 47.0 Å². The van der Waals surface area contributed by atoms with Crippen LogP contribution in [0.25, 0.3) is 0 Å². The van der Waals surface area contributed by atoms with Gasteiger partial charge in [0.25, 0.3) is 0 Å². The Kier molecular flexibility index (Phi) is 8.20. The summed E-state index contributed by atoms with van der Waals surface area (Å²) in [4.78, 5) is 2.45. The lowest BCUT2D eigenvalue weighted by Crippen LogP contribution is -2.31. The van der Waals surface area contributed by atoms with Crippen LogP contribution in [-0.2, 0) is 0 Å². The smallest absolute Gasteiger partial charge is 0.0524 e. The van der Waals surface area contributed by atoms with Crippen molar-refractivity contribution in [1.29, 1.82) is 0 Å². The van der Waals surface area contributed by atoms with E-state index in [0.29, 0.717) is 0 Å². The minimum absolute atomic E-state index is 0.161. The third-order valence-electron chi connectivity index (χ3n) is 2.98. The van der Waals surface area contributed by atoms with Gasteiger partial charge in [-0.05, 0) is 25.8 Å². The number of nitrogens with zero attached hydrogens (tertiary/aromatic N) is 1. The minimum atomic E-state index is -0.161. The van der Waals surface area contributed by atoms with Gasteiger partial charge in [0.1, 0.15) is 0 Å². The Balaban J connectivity index is 3.76. The molecule has 0 radical (unpaired) electrons. The number of rotatable bonds is 8. The van der Waals surface area contributed by atoms with Gasteiger partial charge in [-0.15, -0.1) is 0 Å². The zero-order chi connectivity index (χ0) is 11.0. The normalized spacial score (nSPS) is 13.9. The molecule has 0 heterocycles. The van der Waals surface area contributed by atoms with Gasteiger partial charge in [-0.1, -0.05) is 33.6 Å². The van der Waals surface area contributed by atoms with Gasteiger partial charge in [0.15, 0.2) is 0 Å². The summed E-state index contributed by atoms with van der Waals surface area (Å²) < 4.78 is 0. The summed E-state index contributed by atoms with van der Waals surface area (Å²) in [7, 11) is 0. The largest absolute Gasteiger partial charge is 0.393 e. The van der Waals surface area contributed by atoms with E-state index in [2.05, 4.69) is 25.7 Å². The molecular weight excluding hydrogens is 174 g/mol. The van der Waals surface area contributed by atoms with Gasteiger partial charge in [-0.25, -0.2) is 0 Å². The van der Waals surface area contributed by atoms with Crippen LogP contribution < -0.4 is 0 Å². The summed E-state index contributed by atoms with van der Waals surface area (Å²) in [6.45, 7) is 11.9. The first-order valence-corrected chi connectivity index (χ1v) is 6.04. The standard InChI is InChI=1S/C12H27NO/c1-5-12(6-2)10-13(7-3)9-8-11(4)14/h11-12,14H,5-10H2,1-4H3. The highest BCUT2D eigenvalue weighted by atomic mass is 16.3. The highest BCUT2D eigenvalue weighted by Gasteiger charge is 2.10. The lowest BCUT2D eigenvalue weighted by atomic mass is 10.0. The molecule has 0 bridgehead atoms. The third kappa shape index (κ3) is 6.39. The molecule has 0 saturated heterocycles. The first-order chi connectivity index (χ1) is 6.63. The van der Waals surface area contributed by atoms with Crippen LogP contribution in [0.5, 0.6) is 0 Å². The van der Waals surface area contributed by atoms with E-state index in [4.69, 9.17) is 0 Å². The molecular formula is C12H27NO. The second kappa shape index (κ2) is 8.25. The molecule has 0 rings (SSSR count). The van der Waals surface area contributed by atoms with Crippen molar-refractivity contribution in [2.45, 2.75) is 53.1 Å². The van der Waals surface area contributed by atoms with Crippen molar-refractivity contribution in [3.05, 3.63) is 0 Å². The average molecular weight is 201 g/mol. The molecule has 1 atom stereocenters. The molecule has 0 fully saturated rings. The first kappa shape index (κ1) is 13.9. The lowest BCUT2D eigenvalue weighted by Gasteiger charge is -2.25. The molecule has 0 aromatic rings. The second-order valence-corrected chi connectivity index (χ2v) is 4.21. The van der Waals surface area contributed by atoms with Crippen LogP contribution in [0.3, 0.4) is 0 Å². The van der Waals surface area contributed by atoms with Crippen molar-refractivity contribution in [3.63, 3.8) is 0 Å². The summed E-state index contributed by atoms with van der Waals surface area (Å²) in [5.74, 6) is 0.823. The molecule has 2 nitrogen and oxygen atoms in total. The summed E-state index contributed by atoms with van der Waals surface area (Å²) in [6.07, 6.45) is 3.27. The maximum atomic E-state index is 9.22. The fraction of sp³-hybridized carbons (Fsp3) is 1.00. The molecule has 0 aromatic carbocycles. The van der Waals surface area contributed by atoms with Crippen molar-refractivity contribution in [2.24, 2.45) is 5.92 Å². The predicted molar refractivity (Wildman–Crippen MR) is 62.5 cm³/mol. The molecule has 0 amide bonds. The van der Waals surface area contributed by atoms with Crippen molar-refractivity contribution in [2.75, 3.05) is 19.6 Å². The van der Waals surface area contributed by atoms with Gasteiger partial charge in [0.2, 0.25) is 0 Å². The van der Waals surface area contributed by atoms with E-state index in [0.717, 1.165) is 25.4 Å². The minimum Gasteiger partial charge on any atom is -0.393 e. The molecule has 1 N–H and O–H groups in total. The number of aliphatic hydroxyl groups excluding tert-OH is 1. The molecule has 1 unspecified atom stereocenters. The zero-order valence-corrected chi connectivity index (χ0v) is 10.3. The average Bonchev–Trinajstić information content (AvgIpc) is 2.18. The highest BCUT2D eigenvalue weighted by Crippen LogP contribution is 2.10. The molecule has 2 heteroatoms. The van der Waals surface area contributed by atoms with Crippen LogP contribution in [0.15, 0.2) is 0 Å². The fourth-order valence-corrected chi connectivity index (χ4v) is 1.66. The summed E-state index contributed by atoms with van der Waals surface area (Å²) >= 11 is 0. The molecule has 0 spiro atoms. The van der Waals surface area contributed by atoms with Crippen molar-refractivity contribution in [3.8, 4) is 0 Å². The predicted octanol–water partition coefficient (Wildman–Crippen LogP) is 2.52. The van der Waals surface area contributed by atoms with Gasteiger partial charge >= 0.3 is 0 Å². The molecule has 86 valence electrons. The van der Waals surface area contributed by atoms with Gasteiger partial charge in [-0.2, -0.15) is 0 Å². The lowest BCUT2D eigenvalue weighted by molar-refractivity contribution is 0.149. The molecule has 0 saturated carbocycles. The Labute approximate surface area is 89.3 Å². The van der Waals surface area contributed by atoms with Crippen LogP contribution in [0, 0.1) is 5.92 Å². The van der Waals surface area contributed by atoms with Gasteiger partial charge < -0.3 is 10.0 Å². The maximum absolute atomic E-state index is 9.22. The first-order valence-electron chi connectivity index (χ1n) is 6.04. The number of hydrogen-bond donors (Lipinski definition) is 1.